The molecular formula is C23H17FN4O. The average Bonchev–Trinajstić information content (AvgIpc) is 3.12. The molecule has 6 heteroatoms. The molecule has 0 fully saturated rings. The third-order valence-corrected chi connectivity index (χ3v) is 5.05. The van der Waals surface area contributed by atoms with Crippen molar-refractivity contribution in [2.75, 3.05) is 0 Å². The third kappa shape index (κ3) is 2.99. The molecule has 4 aromatic heterocycles. The van der Waals surface area contributed by atoms with E-state index in [1.165, 1.54) is 12.3 Å². The Labute approximate surface area is 165 Å². The molecule has 0 aliphatic rings. The first-order valence-electron chi connectivity index (χ1n) is 9.26. The zero-order chi connectivity index (χ0) is 20.0. The summed E-state index contributed by atoms with van der Waals surface area (Å²) in [7, 11) is 0. The van der Waals surface area contributed by atoms with Gasteiger partial charge in [-0.05, 0) is 36.1 Å². The van der Waals surface area contributed by atoms with Crippen molar-refractivity contribution in [3.8, 4) is 11.1 Å². The van der Waals surface area contributed by atoms with E-state index in [1.807, 2.05) is 41.9 Å². The minimum absolute atomic E-state index is 0.179. The van der Waals surface area contributed by atoms with Crippen LogP contribution in [-0.4, -0.2) is 18.9 Å². The monoisotopic (exact) mass is 384 g/mol. The van der Waals surface area contributed by atoms with Crippen LogP contribution in [0.1, 0.15) is 11.3 Å². The fourth-order valence-electron chi connectivity index (χ4n) is 3.63. The molecule has 0 amide bonds. The molecule has 29 heavy (non-hydrogen) atoms. The Bertz CT molecular complexity index is 1430. The van der Waals surface area contributed by atoms with E-state index in [0.717, 1.165) is 16.9 Å². The number of fused-ring (bicyclic) bond motifs is 2. The van der Waals surface area contributed by atoms with Crippen molar-refractivity contribution in [1.29, 1.82) is 0 Å². The highest BCUT2D eigenvalue weighted by Gasteiger charge is 2.12. The summed E-state index contributed by atoms with van der Waals surface area (Å²) in [6.45, 7) is 2.37. The maximum absolute atomic E-state index is 14.3. The molecule has 5 aromatic rings. The van der Waals surface area contributed by atoms with Gasteiger partial charge in [0.15, 0.2) is 0 Å². The van der Waals surface area contributed by atoms with Gasteiger partial charge in [-0.1, -0.05) is 24.3 Å². The van der Waals surface area contributed by atoms with Crippen LogP contribution in [-0.2, 0) is 6.54 Å². The SMILES string of the molecule is Cc1ccc2nc(Cn3ccc4c(-c5ccccc5F)cncc4c3=O)cn2c1. The first-order valence-corrected chi connectivity index (χ1v) is 9.26. The summed E-state index contributed by atoms with van der Waals surface area (Å²) in [5, 5.41) is 1.13. The number of rotatable bonds is 3. The highest BCUT2D eigenvalue weighted by molar-refractivity contribution is 5.95. The predicted octanol–water partition coefficient (Wildman–Crippen LogP) is 4.21. The summed E-state index contributed by atoms with van der Waals surface area (Å²) in [4.78, 5) is 21.8. The molecule has 0 saturated carbocycles. The van der Waals surface area contributed by atoms with Gasteiger partial charge in [-0.25, -0.2) is 9.37 Å². The highest BCUT2D eigenvalue weighted by Crippen LogP contribution is 2.28. The van der Waals surface area contributed by atoms with Gasteiger partial charge in [0.2, 0.25) is 0 Å². The van der Waals surface area contributed by atoms with Crippen LogP contribution >= 0.6 is 0 Å². The quantitative estimate of drug-likeness (QED) is 0.468. The molecule has 1 aromatic carbocycles. The molecule has 5 rings (SSSR count). The van der Waals surface area contributed by atoms with Crippen LogP contribution in [0.3, 0.4) is 0 Å². The highest BCUT2D eigenvalue weighted by atomic mass is 19.1. The van der Waals surface area contributed by atoms with E-state index in [4.69, 9.17) is 0 Å². The molecule has 0 bridgehead atoms. The number of pyridine rings is 3. The van der Waals surface area contributed by atoms with Crippen molar-refractivity contribution in [1.82, 2.24) is 18.9 Å². The van der Waals surface area contributed by atoms with Crippen molar-refractivity contribution >= 4 is 16.4 Å². The predicted molar refractivity (Wildman–Crippen MR) is 110 cm³/mol. The van der Waals surface area contributed by atoms with Gasteiger partial charge in [0.25, 0.3) is 5.56 Å². The van der Waals surface area contributed by atoms with E-state index in [2.05, 4.69) is 9.97 Å². The second kappa shape index (κ2) is 6.67. The minimum atomic E-state index is -0.342. The zero-order valence-electron chi connectivity index (χ0n) is 15.7. The molecule has 5 nitrogen and oxygen atoms in total. The number of benzene rings is 1. The second-order valence-corrected chi connectivity index (χ2v) is 7.08. The molecule has 0 aliphatic carbocycles. The molecule has 0 unspecified atom stereocenters. The molecule has 0 spiro atoms. The largest absolute Gasteiger partial charge is 0.309 e. The lowest BCUT2D eigenvalue weighted by molar-refractivity contribution is 0.631. The topological polar surface area (TPSA) is 52.2 Å². The first kappa shape index (κ1) is 17.3. The second-order valence-electron chi connectivity index (χ2n) is 7.08. The average molecular weight is 384 g/mol. The number of nitrogens with zero attached hydrogens (tertiary/aromatic N) is 4. The zero-order valence-corrected chi connectivity index (χ0v) is 15.7. The lowest BCUT2D eigenvalue weighted by atomic mass is 10.0. The van der Waals surface area contributed by atoms with Crippen molar-refractivity contribution in [2.45, 2.75) is 13.5 Å². The van der Waals surface area contributed by atoms with Gasteiger partial charge in [0.05, 0.1) is 17.6 Å². The van der Waals surface area contributed by atoms with E-state index in [-0.39, 0.29) is 11.4 Å². The van der Waals surface area contributed by atoms with E-state index < -0.39 is 0 Å². The summed E-state index contributed by atoms with van der Waals surface area (Å²) in [6, 6.07) is 12.3. The van der Waals surface area contributed by atoms with Gasteiger partial charge in [0, 0.05) is 42.1 Å². The van der Waals surface area contributed by atoms with Crippen LogP contribution in [0.2, 0.25) is 0 Å². The van der Waals surface area contributed by atoms with Crippen molar-refractivity contribution in [3.05, 3.63) is 101 Å². The lowest BCUT2D eigenvalue weighted by Crippen LogP contribution is -2.20. The van der Waals surface area contributed by atoms with Gasteiger partial charge in [-0.3, -0.25) is 9.78 Å². The number of hydrogen-bond donors (Lipinski definition) is 0. The van der Waals surface area contributed by atoms with E-state index in [9.17, 15) is 9.18 Å². The van der Waals surface area contributed by atoms with E-state index >= 15 is 0 Å². The van der Waals surface area contributed by atoms with Crippen LogP contribution in [0, 0.1) is 12.7 Å². The van der Waals surface area contributed by atoms with Crippen LogP contribution in [0.15, 0.2) is 78.2 Å². The standard InChI is InChI=1S/C23H17FN4O/c1-15-6-7-22-26-16(14-28(22)12-15)13-27-9-8-17-19(10-25-11-20(17)23(27)29)18-4-2-3-5-21(18)24/h2-12,14H,13H2,1H3. The summed E-state index contributed by atoms with van der Waals surface area (Å²) >= 11 is 0. The Kier molecular flexibility index (Phi) is 3.98. The molecule has 142 valence electrons. The normalized spacial score (nSPS) is 11.4. The van der Waals surface area contributed by atoms with Crippen molar-refractivity contribution in [2.24, 2.45) is 0 Å². The van der Waals surface area contributed by atoms with Crippen LogP contribution in [0.5, 0.6) is 0 Å². The van der Waals surface area contributed by atoms with Gasteiger partial charge < -0.3 is 8.97 Å². The Morgan fingerprint density at radius 2 is 1.83 bits per heavy atom. The van der Waals surface area contributed by atoms with Gasteiger partial charge in [-0.15, -0.1) is 0 Å². The Morgan fingerprint density at radius 1 is 0.966 bits per heavy atom. The molecule has 0 N–H and O–H groups in total. The Balaban J connectivity index is 1.60. The number of aromatic nitrogens is 4. The number of hydrogen-bond acceptors (Lipinski definition) is 3. The minimum Gasteiger partial charge on any atom is -0.309 e. The molecule has 0 saturated heterocycles. The summed E-state index contributed by atoms with van der Waals surface area (Å²) in [6.07, 6.45) is 8.78. The van der Waals surface area contributed by atoms with Gasteiger partial charge in [0.1, 0.15) is 11.5 Å². The molecule has 4 heterocycles. The molecular weight excluding hydrogens is 367 g/mol. The summed E-state index contributed by atoms with van der Waals surface area (Å²) in [5.41, 5.74) is 3.61. The van der Waals surface area contributed by atoms with Crippen molar-refractivity contribution in [3.63, 3.8) is 0 Å². The smallest absolute Gasteiger partial charge is 0.260 e. The Morgan fingerprint density at radius 3 is 2.69 bits per heavy atom. The first-order chi connectivity index (χ1) is 14.1. The maximum atomic E-state index is 14.3. The fraction of sp³-hybridized carbons (Fsp3) is 0.0870. The van der Waals surface area contributed by atoms with Crippen LogP contribution in [0.4, 0.5) is 4.39 Å². The molecule has 0 radical (unpaired) electrons. The van der Waals surface area contributed by atoms with Crippen LogP contribution in [0.25, 0.3) is 27.5 Å². The summed E-state index contributed by atoms with van der Waals surface area (Å²) in [5.74, 6) is -0.342. The summed E-state index contributed by atoms with van der Waals surface area (Å²) < 4.78 is 17.8. The number of imidazole rings is 1. The maximum Gasteiger partial charge on any atom is 0.260 e. The number of halogens is 1. The van der Waals surface area contributed by atoms with E-state index in [1.54, 1.807) is 35.2 Å². The lowest BCUT2D eigenvalue weighted by Gasteiger charge is -2.09. The van der Waals surface area contributed by atoms with Gasteiger partial charge >= 0.3 is 0 Å². The molecule has 0 aliphatic heterocycles. The molecule has 0 atom stereocenters. The van der Waals surface area contributed by atoms with E-state index in [0.29, 0.717) is 28.4 Å². The van der Waals surface area contributed by atoms with Gasteiger partial charge in [-0.2, -0.15) is 0 Å². The van der Waals surface area contributed by atoms with Crippen molar-refractivity contribution < 1.29 is 4.39 Å². The Hall–Kier alpha value is -3.80. The fourth-order valence-corrected chi connectivity index (χ4v) is 3.63. The van der Waals surface area contributed by atoms with Crippen LogP contribution < -0.4 is 5.56 Å². The number of aryl methyl sites for hydroxylation is 1. The third-order valence-electron chi connectivity index (χ3n) is 5.05.